The molecule has 3 nitrogen and oxygen atoms in total. The van der Waals surface area contributed by atoms with Crippen molar-refractivity contribution in [2.75, 3.05) is 13.7 Å². The van der Waals surface area contributed by atoms with Gasteiger partial charge in [-0.25, -0.2) is 4.79 Å². The average Bonchev–Trinajstić information content (AvgIpc) is 2.81. The zero-order valence-corrected chi connectivity index (χ0v) is 6.84. The summed E-state index contributed by atoms with van der Waals surface area (Å²) in [6.07, 6.45) is 1.75. The Balaban J connectivity index is 2.73. The number of hydrogen-bond donors (Lipinski definition) is 1. The molecular weight excluding hydrogens is 163 g/mol. The van der Waals surface area contributed by atoms with Gasteiger partial charge in [0.1, 0.15) is 0 Å². The number of methoxy groups -OCH3 is 1. The summed E-state index contributed by atoms with van der Waals surface area (Å²) in [5, 5.41) is 8.37. The maximum Gasteiger partial charge on any atom is 0.364 e. The zero-order chi connectivity index (χ0) is 9.14. The van der Waals surface area contributed by atoms with Gasteiger partial charge in [0.2, 0.25) is 5.83 Å². The van der Waals surface area contributed by atoms with Crippen LogP contribution in [-0.2, 0) is 9.53 Å². The van der Waals surface area contributed by atoms with Crippen LogP contribution in [0.3, 0.4) is 0 Å². The lowest BCUT2D eigenvalue weighted by molar-refractivity contribution is -0.134. The molecule has 0 aromatic rings. The molecule has 0 unspecified atom stereocenters. The fraction of sp³-hybridized carbons (Fsp3) is 0.625. The van der Waals surface area contributed by atoms with Gasteiger partial charge in [-0.15, -0.1) is 0 Å². The molecule has 12 heavy (non-hydrogen) atoms. The average molecular weight is 174 g/mol. The third-order valence-electron chi connectivity index (χ3n) is 1.84. The molecule has 1 aliphatic carbocycles. The van der Waals surface area contributed by atoms with E-state index < -0.39 is 11.8 Å². The standard InChI is InChI=1S/C8H11FO3/c1-12-4-6(5-2-3-5)7(9)8(10)11/h5H,2-4H2,1H3,(H,10,11). The molecule has 68 valence electrons. The summed E-state index contributed by atoms with van der Waals surface area (Å²) >= 11 is 0. The molecule has 1 fully saturated rings. The van der Waals surface area contributed by atoms with Crippen LogP contribution in [0.25, 0.3) is 0 Å². The Morgan fingerprint density at radius 1 is 1.67 bits per heavy atom. The zero-order valence-electron chi connectivity index (χ0n) is 6.84. The first-order valence-electron chi connectivity index (χ1n) is 3.77. The number of ether oxygens (including phenoxy) is 1. The lowest BCUT2D eigenvalue weighted by Crippen LogP contribution is -2.06. The van der Waals surface area contributed by atoms with Crippen molar-refractivity contribution in [1.82, 2.24) is 0 Å². The van der Waals surface area contributed by atoms with E-state index in [2.05, 4.69) is 0 Å². The molecule has 1 aliphatic rings. The summed E-state index contributed by atoms with van der Waals surface area (Å²) in [6.45, 7) is 0.0861. The molecule has 0 heterocycles. The summed E-state index contributed by atoms with van der Waals surface area (Å²) in [4.78, 5) is 10.3. The van der Waals surface area contributed by atoms with E-state index in [-0.39, 0.29) is 12.5 Å². The Morgan fingerprint density at radius 2 is 2.25 bits per heavy atom. The first kappa shape index (κ1) is 9.19. The minimum absolute atomic E-state index is 0.0861. The Labute approximate surface area is 69.8 Å². The molecule has 1 rings (SSSR count). The van der Waals surface area contributed by atoms with Crippen LogP contribution in [0.5, 0.6) is 0 Å². The summed E-state index contributed by atoms with van der Waals surface area (Å²) in [5.41, 5.74) is 0.296. The van der Waals surface area contributed by atoms with Crippen molar-refractivity contribution >= 4 is 5.97 Å². The van der Waals surface area contributed by atoms with Gasteiger partial charge in [0, 0.05) is 12.7 Å². The van der Waals surface area contributed by atoms with Crippen LogP contribution in [0.1, 0.15) is 12.8 Å². The summed E-state index contributed by atoms with van der Waals surface area (Å²) in [5.74, 6) is -2.44. The van der Waals surface area contributed by atoms with Gasteiger partial charge in [-0.3, -0.25) is 0 Å². The van der Waals surface area contributed by atoms with Crippen molar-refractivity contribution < 1.29 is 19.0 Å². The van der Waals surface area contributed by atoms with Crippen molar-refractivity contribution in [2.24, 2.45) is 5.92 Å². The van der Waals surface area contributed by atoms with Crippen LogP contribution in [0, 0.1) is 5.92 Å². The van der Waals surface area contributed by atoms with Gasteiger partial charge in [0.25, 0.3) is 0 Å². The Morgan fingerprint density at radius 3 is 2.58 bits per heavy atom. The Bertz CT molecular complexity index is 218. The highest BCUT2D eigenvalue weighted by Gasteiger charge is 2.30. The van der Waals surface area contributed by atoms with E-state index in [0.717, 1.165) is 12.8 Å². The second kappa shape index (κ2) is 3.67. The fourth-order valence-corrected chi connectivity index (χ4v) is 1.09. The predicted octanol–water partition coefficient (Wildman–Crippen LogP) is 1.35. The molecule has 0 amide bonds. The van der Waals surface area contributed by atoms with Crippen LogP contribution < -0.4 is 0 Å². The molecule has 1 saturated carbocycles. The minimum Gasteiger partial charge on any atom is -0.476 e. The number of carbonyl (C=O) groups is 1. The van der Waals surface area contributed by atoms with Gasteiger partial charge < -0.3 is 9.84 Å². The molecule has 0 spiro atoms. The SMILES string of the molecule is COCC(=C(F)C(=O)O)C1CC1. The van der Waals surface area contributed by atoms with E-state index >= 15 is 0 Å². The smallest absolute Gasteiger partial charge is 0.364 e. The third kappa shape index (κ3) is 2.04. The highest BCUT2D eigenvalue weighted by molar-refractivity contribution is 5.85. The second-order valence-corrected chi connectivity index (χ2v) is 2.85. The third-order valence-corrected chi connectivity index (χ3v) is 1.84. The molecule has 0 aromatic heterocycles. The van der Waals surface area contributed by atoms with E-state index in [1.165, 1.54) is 7.11 Å². The van der Waals surface area contributed by atoms with Crippen molar-refractivity contribution in [2.45, 2.75) is 12.8 Å². The molecule has 0 bridgehead atoms. The molecule has 1 N–H and O–H groups in total. The fourth-order valence-electron chi connectivity index (χ4n) is 1.09. The first-order valence-corrected chi connectivity index (χ1v) is 3.77. The molecule has 0 radical (unpaired) electrons. The van der Waals surface area contributed by atoms with Crippen LogP contribution in [-0.4, -0.2) is 24.8 Å². The van der Waals surface area contributed by atoms with Crippen molar-refractivity contribution in [3.05, 3.63) is 11.4 Å². The molecule has 0 aliphatic heterocycles. The van der Waals surface area contributed by atoms with Gasteiger partial charge in [-0.2, -0.15) is 4.39 Å². The maximum absolute atomic E-state index is 12.9. The van der Waals surface area contributed by atoms with E-state index in [4.69, 9.17) is 9.84 Å². The van der Waals surface area contributed by atoms with Crippen molar-refractivity contribution in [3.8, 4) is 0 Å². The normalized spacial score (nSPS) is 18.8. The van der Waals surface area contributed by atoms with Crippen molar-refractivity contribution in [3.63, 3.8) is 0 Å². The molecule has 0 saturated heterocycles. The van der Waals surface area contributed by atoms with Gasteiger partial charge in [-0.05, 0) is 18.8 Å². The summed E-state index contributed by atoms with van der Waals surface area (Å²) < 4.78 is 17.6. The second-order valence-electron chi connectivity index (χ2n) is 2.85. The van der Waals surface area contributed by atoms with Crippen molar-refractivity contribution in [1.29, 1.82) is 0 Å². The number of rotatable bonds is 4. The highest BCUT2D eigenvalue weighted by Crippen LogP contribution is 2.38. The topological polar surface area (TPSA) is 46.5 Å². The van der Waals surface area contributed by atoms with Crippen LogP contribution in [0.15, 0.2) is 11.4 Å². The van der Waals surface area contributed by atoms with Crippen LogP contribution in [0.2, 0.25) is 0 Å². The number of hydrogen-bond acceptors (Lipinski definition) is 2. The quantitative estimate of drug-likeness (QED) is 0.654. The number of carboxylic acids is 1. The Hall–Kier alpha value is -0.900. The number of carboxylic acid groups (broad SMARTS) is 1. The molecule has 0 aromatic carbocycles. The number of aliphatic carboxylic acids is 1. The lowest BCUT2D eigenvalue weighted by atomic mass is 10.1. The van der Waals surface area contributed by atoms with Gasteiger partial charge in [-0.1, -0.05) is 0 Å². The maximum atomic E-state index is 12.9. The van der Waals surface area contributed by atoms with Gasteiger partial charge in [0.05, 0.1) is 6.61 Å². The van der Waals surface area contributed by atoms with E-state index in [9.17, 15) is 9.18 Å². The van der Waals surface area contributed by atoms with Crippen LogP contribution in [0.4, 0.5) is 4.39 Å². The monoisotopic (exact) mass is 174 g/mol. The highest BCUT2D eigenvalue weighted by atomic mass is 19.1. The lowest BCUT2D eigenvalue weighted by Gasteiger charge is -2.03. The molecule has 4 heteroatoms. The number of halogens is 1. The molecule has 0 atom stereocenters. The minimum atomic E-state index is -1.49. The molecular formula is C8H11FO3. The van der Waals surface area contributed by atoms with E-state index in [1.54, 1.807) is 0 Å². The van der Waals surface area contributed by atoms with Gasteiger partial charge >= 0.3 is 5.97 Å². The summed E-state index contributed by atoms with van der Waals surface area (Å²) in [6, 6.07) is 0. The first-order chi connectivity index (χ1) is 5.66. The van der Waals surface area contributed by atoms with Gasteiger partial charge in [0.15, 0.2) is 0 Å². The predicted molar refractivity (Wildman–Crippen MR) is 40.4 cm³/mol. The van der Waals surface area contributed by atoms with E-state index in [1.807, 2.05) is 0 Å². The largest absolute Gasteiger partial charge is 0.476 e. The summed E-state index contributed by atoms with van der Waals surface area (Å²) in [7, 11) is 1.43. The van der Waals surface area contributed by atoms with E-state index in [0.29, 0.717) is 5.57 Å². The van der Waals surface area contributed by atoms with Crippen LogP contribution >= 0.6 is 0 Å². The Kier molecular flexibility index (Phi) is 2.81.